The van der Waals surface area contributed by atoms with E-state index in [9.17, 15) is 9.90 Å². The van der Waals surface area contributed by atoms with E-state index in [-0.39, 0.29) is 0 Å². The second-order valence-electron chi connectivity index (χ2n) is 6.17. The van der Waals surface area contributed by atoms with Gasteiger partial charge in [0.25, 0.3) is 0 Å². The number of aliphatic carboxylic acids is 1. The molecule has 3 rings (SSSR count). The van der Waals surface area contributed by atoms with Crippen LogP contribution in [-0.4, -0.2) is 48.2 Å². The van der Waals surface area contributed by atoms with Crippen LogP contribution in [0.4, 0.5) is 5.69 Å². The summed E-state index contributed by atoms with van der Waals surface area (Å²) in [5.74, 6) is -0.806. The standard InChI is InChI=1S/C19H20Cl2N2O2/c20-16-7-6-14(12-17(16)21)13-18(19(24)25)23-10-8-22(9-11-23)15-4-2-1-3-5-15/h1-7,12,18H,8-11,13H2,(H,24,25)/t18-/m1/s1. The molecule has 1 atom stereocenters. The van der Waals surface area contributed by atoms with Crippen LogP contribution in [0, 0.1) is 0 Å². The van der Waals surface area contributed by atoms with Gasteiger partial charge in [-0.2, -0.15) is 0 Å². The Hall–Kier alpha value is -1.75. The molecule has 0 saturated carbocycles. The molecular weight excluding hydrogens is 359 g/mol. The van der Waals surface area contributed by atoms with Gasteiger partial charge in [-0.15, -0.1) is 0 Å². The molecule has 1 heterocycles. The summed E-state index contributed by atoms with van der Waals surface area (Å²) in [5.41, 5.74) is 2.06. The first-order valence-electron chi connectivity index (χ1n) is 8.25. The summed E-state index contributed by atoms with van der Waals surface area (Å²) in [6.07, 6.45) is 0.414. The SMILES string of the molecule is O=C(O)[C@@H](Cc1ccc(Cl)c(Cl)c1)N1CCN(c2ccccc2)CC1. The Bertz CT molecular complexity index is 731. The van der Waals surface area contributed by atoms with Gasteiger partial charge < -0.3 is 10.0 Å². The summed E-state index contributed by atoms with van der Waals surface area (Å²) in [5, 5.41) is 10.6. The molecule has 0 unspecified atom stereocenters. The monoisotopic (exact) mass is 378 g/mol. The topological polar surface area (TPSA) is 43.8 Å². The maximum absolute atomic E-state index is 11.8. The molecular formula is C19H20Cl2N2O2. The van der Waals surface area contributed by atoms with E-state index in [0.717, 1.165) is 18.7 Å². The molecule has 0 bridgehead atoms. The number of piperazine rings is 1. The zero-order valence-corrected chi connectivity index (χ0v) is 15.2. The second-order valence-corrected chi connectivity index (χ2v) is 6.98. The molecule has 25 heavy (non-hydrogen) atoms. The molecule has 1 saturated heterocycles. The molecule has 1 N–H and O–H groups in total. The molecule has 1 aliphatic heterocycles. The molecule has 1 fully saturated rings. The van der Waals surface area contributed by atoms with Crippen molar-refractivity contribution in [2.75, 3.05) is 31.1 Å². The predicted molar refractivity (Wildman–Crippen MR) is 102 cm³/mol. The van der Waals surface area contributed by atoms with Crippen molar-refractivity contribution in [3.05, 3.63) is 64.1 Å². The van der Waals surface area contributed by atoms with Crippen molar-refractivity contribution in [2.45, 2.75) is 12.5 Å². The fourth-order valence-corrected chi connectivity index (χ4v) is 3.51. The number of carboxylic acids is 1. The lowest BCUT2D eigenvalue weighted by Gasteiger charge is -2.38. The van der Waals surface area contributed by atoms with Gasteiger partial charge >= 0.3 is 5.97 Å². The van der Waals surface area contributed by atoms with E-state index in [2.05, 4.69) is 17.0 Å². The number of halogens is 2. The first-order chi connectivity index (χ1) is 12.0. The molecule has 1 aliphatic rings. The zero-order valence-electron chi connectivity index (χ0n) is 13.7. The van der Waals surface area contributed by atoms with E-state index in [0.29, 0.717) is 29.6 Å². The average Bonchev–Trinajstić information content (AvgIpc) is 2.63. The molecule has 0 radical (unpaired) electrons. The van der Waals surface area contributed by atoms with Gasteiger partial charge in [-0.1, -0.05) is 47.5 Å². The average molecular weight is 379 g/mol. The fraction of sp³-hybridized carbons (Fsp3) is 0.316. The third kappa shape index (κ3) is 4.46. The third-order valence-electron chi connectivity index (χ3n) is 4.57. The number of para-hydroxylation sites is 1. The first kappa shape index (κ1) is 18.1. The lowest BCUT2D eigenvalue weighted by molar-refractivity contribution is -0.143. The van der Waals surface area contributed by atoms with Gasteiger partial charge in [-0.25, -0.2) is 0 Å². The number of anilines is 1. The summed E-state index contributed by atoms with van der Waals surface area (Å²) >= 11 is 12.0. The maximum Gasteiger partial charge on any atom is 0.321 e. The van der Waals surface area contributed by atoms with Crippen molar-refractivity contribution >= 4 is 34.9 Å². The van der Waals surface area contributed by atoms with E-state index in [1.165, 1.54) is 5.69 Å². The number of hydrogen-bond acceptors (Lipinski definition) is 3. The van der Waals surface area contributed by atoms with E-state index >= 15 is 0 Å². The van der Waals surface area contributed by atoms with E-state index in [1.807, 2.05) is 29.2 Å². The van der Waals surface area contributed by atoms with Crippen LogP contribution >= 0.6 is 23.2 Å². The van der Waals surface area contributed by atoms with Crippen molar-refractivity contribution in [2.24, 2.45) is 0 Å². The number of carbonyl (C=O) groups is 1. The van der Waals surface area contributed by atoms with Crippen LogP contribution in [0.5, 0.6) is 0 Å². The number of nitrogens with zero attached hydrogens (tertiary/aromatic N) is 2. The van der Waals surface area contributed by atoms with Gasteiger partial charge in [-0.05, 0) is 36.2 Å². The van der Waals surface area contributed by atoms with Crippen LogP contribution < -0.4 is 4.90 Å². The molecule has 6 heteroatoms. The van der Waals surface area contributed by atoms with Gasteiger partial charge in [0.1, 0.15) is 6.04 Å². The summed E-state index contributed by atoms with van der Waals surface area (Å²) in [4.78, 5) is 16.1. The molecule has 2 aromatic carbocycles. The first-order valence-corrected chi connectivity index (χ1v) is 9.01. The molecule has 132 valence electrons. The zero-order chi connectivity index (χ0) is 17.8. The van der Waals surface area contributed by atoms with Crippen LogP contribution in [0.3, 0.4) is 0 Å². The Morgan fingerprint density at radius 2 is 1.68 bits per heavy atom. The van der Waals surface area contributed by atoms with Gasteiger partial charge in [0, 0.05) is 31.9 Å². The highest BCUT2D eigenvalue weighted by atomic mass is 35.5. The predicted octanol–water partition coefficient (Wildman–Crippen LogP) is 3.81. The minimum atomic E-state index is -0.806. The van der Waals surface area contributed by atoms with Gasteiger partial charge in [0.15, 0.2) is 0 Å². The number of carboxylic acid groups (broad SMARTS) is 1. The van der Waals surface area contributed by atoms with Crippen molar-refractivity contribution in [1.82, 2.24) is 4.90 Å². The normalized spacial score (nSPS) is 16.6. The van der Waals surface area contributed by atoms with Gasteiger partial charge in [0.05, 0.1) is 10.0 Å². The molecule has 0 aromatic heterocycles. The van der Waals surface area contributed by atoms with Crippen LogP contribution in [0.25, 0.3) is 0 Å². The van der Waals surface area contributed by atoms with Crippen LogP contribution in [0.15, 0.2) is 48.5 Å². The molecule has 2 aromatic rings. The van der Waals surface area contributed by atoms with Gasteiger partial charge in [0.2, 0.25) is 0 Å². The Morgan fingerprint density at radius 3 is 2.28 bits per heavy atom. The minimum Gasteiger partial charge on any atom is -0.480 e. The van der Waals surface area contributed by atoms with E-state index in [1.54, 1.807) is 12.1 Å². The Balaban J connectivity index is 1.66. The molecule has 4 nitrogen and oxygen atoms in total. The lowest BCUT2D eigenvalue weighted by atomic mass is 10.0. The Labute approximate surface area is 157 Å². The summed E-state index contributed by atoms with van der Waals surface area (Å²) in [7, 11) is 0. The second kappa shape index (κ2) is 8.09. The highest BCUT2D eigenvalue weighted by Crippen LogP contribution is 2.24. The number of benzene rings is 2. The van der Waals surface area contributed by atoms with Crippen molar-refractivity contribution in [3.8, 4) is 0 Å². The van der Waals surface area contributed by atoms with E-state index < -0.39 is 12.0 Å². The quantitative estimate of drug-likeness (QED) is 0.858. The summed E-state index contributed by atoms with van der Waals surface area (Å²) < 4.78 is 0. The molecule has 0 spiro atoms. The minimum absolute atomic E-state index is 0.414. The van der Waals surface area contributed by atoms with Crippen LogP contribution in [-0.2, 0) is 11.2 Å². The molecule has 0 amide bonds. The van der Waals surface area contributed by atoms with Crippen molar-refractivity contribution < 1.29 is 9.90 Å². The van der Waals surface area contributed by atoms with Crippen molar-refractivity contribution in [3.63, 3.8) is 0 Å². The summed E-state index contributed by atoms with van der Waals surface area (Å²) in [6.45, 7) is 3.06. The van der Waals surface area contributed by atoms with Crippen LogP contribution in [0.2, 0.25) is 10.0 Å². The number of rotatable bonds is 5. The smallest absolute Gasteiger partial charge is 0.321 e. The van der Waals surface area contributed by atoms with E-state index in [4.69, 9.17) is 23.2 Å². The molecule has 0 aliphatic carbocycles. The highest BCUT2D eigenvalue weighted by Gasteiger charge is 2.29. The van der Waals surface area contributed by atoms with Gasteiger partial charge in [-0.3, -0.25) is 9.69 Å². The third-order valence-corrected chi connectivity index (χ3v) is 5.31. The summed E-state index contributed by atoms with van der Waals surface area (Å²) in [6, 6.07) is 14.9. The number of hydrogen-bond donors (Lipinski definition) is 1. The Kier molecular flexibility index (Phi) is 5.84. The maximum atomic E-state index is 11.8. The highest BCUT2D eigenvalue weighted by molar-refractivity contribution is 6.42. The lowest BCUT2D eigenvalue weighted by Crippen LogP contribution is -2.53. The largest absolute Gasteiger partial charge is 0.480 e. The van der Waals surface area contributed by atoms with Crippen molar-refractivity contribution in [1.29, 1.82) is 0 Å². The Morgan fingerprint density at radius 1 is 1.00 bits per heavy atom. The van der Waals surface area contributed by atoms with Crippen LogP contribution in [0.1, 0.15) is 5.56 Å². The fourth-order valence-electron chi connectivity index (χ4n) is 3.19.